The summed E-state index contributed by atoms with van der Waals surface area (Å²) in [6.07, 6.45) is 0.329. The van der Waals surface area contributed by atoms with Gasteiger partial charge in [0.05, 0.1) is 12.0 Å². The number of nitrogens with one attached hydrogen (secondary N) is 1. The summed E-state index contributed by atoms with van der Waals surface area (Å²) in [5.74, 6) is -0.154. The number of rotatable bonds is 6. The summed E-state index contributed by atoms with van der Waals surface area (Å²) < 4.78 is 0. The van der Waals surface area contributed by atoms with Gasteiger partial charge in [0.1, 0.15) is 0 Å². The van der Waals surface area contributed by atoms with Crippen LogP contribution < -0.4 is 5.32 Å². The Labute approximate surface area is 136 Å². The van der Waals surface area contributed by atoms with Crippen LogP contribution >= 0.6 is 11.3 Å². The quantitative estimate of drug-likeness (QED) is 0.867. The van der Waals surface area contributed by atoms with Crippen LogP contribution in [0.5, 0.6) is 0 Å². The van der Waals surface area contributed by atoms with Gasteiger partial charge in [-0.1, -0.05) is 6.07 Å². The molecule has 6 heteroatoms. The zero-order valence-electron chi connectivity index (χ0n) is 13.7. The summed E-state index contributed by atoms with van der Waals surface area (Å²) in [4.78, 5) is 29.4. The lowest BCUT2D eigenvalue weighted by Crippen LogP contribution is -2.39. The Morgan fingerprint density at radius 2 is 2.23 bits per heavy atom. The monoisotopic (exact) mass is 323 g/mol. The van der Waals surface area contributed by atoms with Crippen LogP contribution in [0.25, 0.3) is 0 Å². The molecule has 0 aliphatic carbocycles. The van der Waals surface area contributed by atoms with E-state index < -0.39 is 0 Å². The lowest BCUT2D eigenvalue weighted by molar-refractivity contribution is -0.130. The van der Waals surface area contributed by atoms with Gasteiger partial charge in [0.25, 0.3) is 0 Å². The number of amides is 2. The molecule has 5 nitrogen and oxygen atoms in total. The second-order valence-corrected chi connectivity index (χ2v) is 7.26. The maximum Gasteiger partial charge on any atom is 0.225 e. The van der Waals surface area contributed by atoms with Crippen molar-refractivity contribution in [3.05, 3.63) is 22.4 Å². The fourth-order valence-electron chi connectivity index (χ4n) is 2.77. The average molecular weight is 323 g/mol. The molecule has 1 fully saturated rings. The van der Waals surface area contributed by atoms with Crippen molar-refractivity contribution in [1.29, 1.82) is 0 Å². The summed E-state index contributed by atoms with van der Waals surface area (Å²) in [7, 11) is 4.02. The number of hydrogen-bond donors (Lipinski definition) is 1. The van der Waals surface area contributed by atoms with Gasteiger partial charge in [0, 0.05) is 30.4 Å². The molecular formula is C16H25N3O2S. The summed E-state index contributed by atoms with van der Waals surface area (Å²) >= 11 is 1.69. The first-order chi connectivity index (χ1) is 10.4. The summed E-state index contributed by atoms with van der Waals surface area (Å²) in [6, 6.07) is 4.43. The first kappa shape index (κ1) is 17.0. The van der Waals surface area contributed by atoms with Crippen LogP contribution in [0, 0.1) is 5.92 Å². The molecule has 0 unspecified atom stereocenters. The fraction of sp³-hybridized carbons (Fsp3) is 0.625. The van der Waals surface area contributed by atoms with Crippen molar-refractivity contribution in [3.8, 4) is 0 Å². The molecule has 122 valence electrons. The SMILES string of the molecule is CC(C)N1C[C@H](C(=O)NC[C@H](c2cccs2)N(C)C)CC1=O. The molecule has 0 bridgehead atoms. The van der Waals surface area contributed by atoms with Crippen LogP contribution in [0.2, 0.25) is 0 Å². The third-order valence-corrected chi connectivity index (χ3v) is 5.09. The van der Waals surface area contributed by atoms with E-state index in [0.717, 1.165) is 0 Å². The molecule has 2 heterocycles. The van der Waals surface area contributed by atoms with Gasteiger partial charge in [-0.15, -0.1) is 11.3 Å². The fourth-order valence-corrected chi connectivity index (χ4v) is 3.69. The Morgan fingerprint density at radius 1 is 1.50 bits per heavy atom. The molecule has 1 aliphatic heterocycles. The van der Waals surface area contributed by atoms with E-state index in [9.17, 15) is 9.59 Å². The Hall–Kier alpha value is -1.40. The lowest BCUT2D eigenvalue weighted by Gasteiger charge is -2.24. The van der Waals surface area contributed by atoms with Crippen molar-refractivity contribution in [2.75, 3.05) is 27.2 Å². The highest BCUT2D eigenvalue weighted by molar-refractivity contribution is 7.10. The standard InChI is InChI=1S/C16H25N3O2S/c1-11(2)19-10-12(8-15(19)20)16(21)17-9-13(18(3)4)14-6-5-7-22-14/h5-7,11-13H,8-10H2,1-4H3,(H,17,21)/t12-,13-/m1/s1. The number of carbonyl (C=O) groups excluding carboxylic acids is 2. The summed E-state index contributed by atoms with van der Waals surface area (Å²) in [5.41, 5.74) is 0. The normalized spacial score (nSPS) is 20.0. The second kappa shape index (κ2) is 7.24. The van der Waals surface area contributed by atoms with E-state index in [2.05, 4.69) is 16.3 Å². The van der Waals surface area contributed by atoms with Gasteiger partial charge in [0.2, 0.25) is 11.8 Å². The van der Waals surface area contributed by atoms with Crippen LogP contribution in [0.1, 0.15) is 31.2 Å². The summed E-state index contributed by atoms with van der Waals surface area (Å²) in [6.45, 7) is 5.07. The van der Waals surface area contributed by atoms with E-state index >= 15 is 0 Å². The number of carbonyl (C=O) groups is 2. The van der Waals surface area contributed by atoms with Gasteiger partial charge in [-0.2, -0.15) is 0 Å². The topological polar surface area (TPSA) is 52.7 Å². The predicted octanol–water partition coefficient (Wildman–Crippen LogP) is 1.72. The highest BCUT2D eigenvalue weighted by Crippen LogP contribution is 2.23. The number of likely N-dealkylation sites (N-methyl/N-ethyl adjacent to an activating group) is 1. The molecule has 2 rings (SSSR count). The molecule has 2 amide bonds. The highest BCUT2D eigenvalue weighted by Gasteiger charge is 2.35. The van der Waals surface area contributed by atoms with Crippen molar-refractivity contribution >= 4 is 23.2 Å². The molecule has 2 atom stereocenters. The van der Waals surface area contributed by atoms with Gasteiger partial charge in [-0.25, -0.2) is 0 Å². The average Bonchev–Trinajstić information content (AvgIpc) is 3.07. The molecule has 1 aromatic heterocycles. The van der Waals surface area contributed by atoms with E-state index in [1.165, 1.54) is 4.88 Å². The lowest BCUT2D eigenvalue weighted by atomic mass is 10.1. The minimum atomic E-state index is -0.221. The van der Waals surface area contributed by atoms with E-state index in [1.807, 2.05) is 39.4 Å². The molecule has 0 radical (unpaired) electrons. The molecule has 1 aliphatic rings. The van der Waals surface area contributed by atoms with Gasteiger partial charge in [-0.3, -0.25) is 9.59 Å². The summed E-state index contributed by atoms with van der Waals surface area (Å²) in [5, 5.41) is 5.07. The second-order valence-electron chi connectivity index (χ2n) is 6.28. The van der Waals surface area contributed by atoms with Gasteiger partial charge >= 0.3 is 0 Å². The van der Waals surface area contributed by atoms with Crippen molar-refractivity contribution < 1.29 is 9.59 Å². The number of hydrogen-bond acceptors (Lipinski definition) is 4. The van der Waals surface area contributed by atoms with E-state index in [1.54, 1.807) is 16.2 Å². The Balaban J connectivity index is 1.91. The minimum Gasteiger partial charge on any atom is -0.354 e. The Morgan fingerprint density at radius 3 is 2.73 bits per heavy atom. The molecule has 1 N–H and O–H groups in total. The number of likely N-dealkylation sites (tertiary alicyclic amines) is 1. The first-order valence-electron chi connectivity index (χ1n) is 7.67. The molecular weight excluding hydrogens is 298 g/mol. The Bertz CT molecular complexity index is 513. The smallest absolute Gasteiger partial charge is 0.225 e. The maximum atomic E-state index is 12.4. The molecule has 22 heavy (non-hydrogen) atoms. The zero-order valence-corrected chi connectivity index (χ0v) is 14.5. The minimum absolute atomic E-state index is 0.0140. The molecule has 0 saturated carbocycles. The Kier molecular flexibility index (Phi) is 5.58. The van der Waals surface area contributed by atoms with Crippen LogP contribution in [0.4, 0.5) is 0 Å². The molecule has 0 aromatic carbocycles. The van der Waals surface area contributed by atoms with Crippen molar-refractivity contribution in [1.82, 2.24) is 15.1 Å². The van der Waals surface area contributed by atoms with Crippen molar-refractivity contribution in [3.63, 3.8) is 0 Å². The number of nitrogens with zero attached hydrogens (tertiary/aromatic N) is 2. The highest BCUT2D eigenvalue weighted by atomic mass is 32.1. The van der Waals surface area contributed by atoms with Gasteiger partial charge < -0.3 is 15.1 Å². The van der Waals surface area contributed by atoms with Crippen LogP contribution in [-0.2, 0) is 9.59 Å². The molecule has 0 spiro atoms. The third-order valence-electron chi connectivity index (χ3n) is 4.12. The molecule has 1 aromatic rings. The predicted molar refractivity (Wildman–Crippen MR) is 88.7 cm³/mol. The molecule has 1 saturated heterocycles. The van der Waals surface area contributed by atoms with Crippen LogP contribution in [-0.4, -0.2) is 54.8 Å². The third kappa shape index (κ3) is 3.87. The van der Waals surface area contributed by atoms with Gasteiger partial charge in [0.15, 0.2) is 0 Å². The van der Waals surface area contributed by atoms with Crippen LogP contribution in [0.3, 0.4) is 0 Å². The maximum absolute atomic E-state index is 12.4. The first-order valence-corrected chi connectivity index (χ1v) is 8.55. The van der Waals surface area contributed by atoms with E-state index in [-0.39, 0.29) is 29.8 Å². The van der Waals surface area contributed by atoms with E-state index in [0.29, 0.717) is 19.5 Å². The zero-order chi connectivity index (χ0) is 16.3. The number of thiophene rings is 1. The van der Waals surface area contributed by atoms with Crippen LogP contribution in [0.15, 0.2) is 17.5 Å². The van der Waals surface area contributed by atoms with E-state index in [4.69, 9.17) is 0 Å². The van der Waals surface area contributed by atoms with Crippen molar-refractivity contribution in [2.45, 2.75) is 32.4 Å². The van der Waals surface area contributed by atoms with Crippen molar-refractivity contribution in [2.24, 2.45) is 5.92 Å². The largest absolute Gasteiger partial charge is 0.354 e. The van der Waals surface area contributed by atoms with Gasteiger partial charge in [-0.05, 0) is 39.4 Å².